The average molecular weight is 337 g/mol. The van der Waals surface area contributed by atoms with Gasteiger partial charge in [-0.2, -0.15) is 0 Å². The van der Waals surface area contributed by atoms with Crippen LogP contribution in [0.4, 0.5) is 0 Å². The summed E-state index contributed by atoms with van der Waals surface area (Å²) in [6.45, 7) is 8.53. The maximum Gasteiger partial charge on any atom is -0.0353 e. The summed E-state index contributed by atoms with van der Waals surface area (Å²) >= 11 is 0. The third kappa shape index (κ3) is 19.8. The van der Waals surface area contributed by atoms with Gasteiger partial charge in [0.05, 0.1) is 0 Å². The Morgan fingerprint density at radius 3 is 1.38 bits per heavy atom. The number of hydrogen-bond donors (Lipinski definition) is 0. The molecule has 1 atom stereocenters. The number of unbranched alkanes of at least 4 members (excludes halogenated alkanes) is 15. The Balaban J connectivity index is 3.03. The highest BCUT2D eigenvalue weighted by Crippen LogP contribution is 2.17. The van der Waals surface area contributed by atoms with Crippen LogP contribution in [-0.2, 0) is 0 Å². The molecular weight excluding hydrogens is 288 g/mol. The molecule has 0 aliphatic heterocycles. The molecule has 0 amide bonds. The van der Waals surface area contributed by atoms with Gasteiger partial charge < -0.3 is 0 Å². The van der Waals surface area contributed by atoms with Crippen LogP contribution in [0.25, 0.3) is 0 Å². The van der Waals surface area contributed by atoms with Crippen LogP contribution in [0.3, 0.4) is 0 Å². The van der Waals surface area contributed by atoms with Gasteiger partial charge in [-0.15, -0.1) is 6.58 Å². The SMILES string of the molecule is C=CCCCCCCCCCCCCCCCCC(C)CCCC. The standard InChI is InChI=1S/C24H48/c1-4-6-8-9-10-11-12-13-14-15-16-17-18-19-20-21-23-24(3)22-7-5-2/h4,24H,1,5-23H2,2-3H3. The molecule has 0 rings (SSSR count). The second kappa shape index (κ2) is 20.8. The Kier molecular flexibility index (Phi) is 20.6. The van der Waals surface area contributed by atoms with Crippen molar-refractivity contribution in [2.24, 2.45) is 5.92 Å². The molecule has 0 aliphatic carbocycles. The molecule has 0 saturated carbocycles. The van der Waals surface area contributed by atoms with E-state index in [1.807, 2.05) is 6.08 Å². The summed E-state index contributed by atoms with van der Waals surface area (Å²) in [5, 5.41) is 0. The highest BCUT2D eigenvalue weighted by Gasteiger charge is 2.01. The smallest absolute Gasteiger partial charge is 0.0353 e. The molecule has 0 saturated heterocycles. The maximum absolute atomic E-state index is 3.78. The van der Waals surface area contributed by atoms with Gasteiger partial charge in [-0.05, 0) is 18.8 Å². The molecule has 0 N–H and O–H groups in total. The zero-order valence-corrected chi connectivity index (χ0v) is 17.3. The lowest BCUT2D eigenvalue weighted by Crippen LogP contribution is -1.94. The van der Waals surface area contributed by atoms with E-state index in [2.05, 4.69) is 20.4 Å². The summed E-state index contributed by atoms with van der Waals surface area (Å²) in [6.07, 6.45) is 29.3. The topological polar surface area (TPSA) is 0 Å². The first kappa shape index (κ1) is 23.7. The predicted octanol–water partition coefficient (Wildman–Crippen LogP) is 9.24. The number of hydrogen-bond acceptors (Lipinski definition) is 0. The zero-order chi connectivity index (χ0) is 17.7. The van der Waals surface area contributed by atoms with Crippen LogP contribution in [0.1, 0.15) is 136 Å². The van der Waals surface area contributed by atoms with E-state index in [1.165, 1.54) is 122 Å². The first-order chi connectivity index (χ1) is 11.8. The lowest BCUT2D eigenvalue weighted by atomic mass is 9.97. The second-order valence-corrected chi connectivity index (χ2v) is 8.06. The first-order valence-corrected chi connectivity index (χ1v) is 11.4. The molecule has 0 spiro atoms. The highest BCUT2D eigenvalue weighted by atomic mass is 14.1. The highest BCUT2D eigenvalue weighted by molar-refractivity contribution is 4.65. The van der Waals surface area contributed by atoms with Gasteiger partial charge in [0, 0.05) is 0 Å². The Morgan fingerprint density at radius 1 is 0.583 bits per heavy atom. The normalized spacial score (nSPS) is 12.4. The molecule has 0 heterocycles. The van der Waals surface area contributed by atoms with Crippen LogP contribution < -0.4 is 0 Å². The molecule has 0 aromatic carbocycles. The van der Waals surface area contributed by atoms with Crippen LogP contribution in [0.5, 0.6) is 0 Å². The summed E-state index contributed by atoms with van der Waals surface area (Å²) in [5.74, 6) is 0.965. The van der Waals surface area contributed by atoms with E-state index in [4.69, 9.17) is 0 Å². The summed E-state index contributed by atoms with van der Waals surface area (Å²) in [4.78, 5) is 0. The van der Waals surface area contributed by atoms with Gasteiger partial charge in [0.15, 0.2) is 0 Å². The lowest BCUT2D eigenvalue weighted by Gasteiger charge is -2.10. The molecule has 1 unspecified atom stereocenters. The Bertz CT molecular complexity index is 230. The molecule has 0 heteroatoms. The van der Waals surface area contributed by atoms with Gasteiger partial charge in [0.25, 0.3) is 0 Å². The minimum absolute atomic E-state index is 0.965. The summed E-state index contributed by atoms with van der Waals surface area (Å²) in [7, 11) is 0. The largest absolute Gasteiger partial charge is 0.103 e. The predicted molar refractivity (Wildman–Crippen MR) is 113 cm³/mol. The van der Waals surface area contributed by atoms with Crippen molar-refractivity contribution in [1.82, 2.24) is 0 Å². The van der Waals surface area contributed by atoms with Crippen molar-refractivity contribution >= 4 is 0 Å². The first-order valence-electron chi connectivity index (χ1n) is 11.4. The van der Waals surface area contributed by atoms with Crippen LogP contribution in [0.15, 0.2) is 12.7 Å². The van der Waals surface area contributed by atoms with Gasteiger partial charge >= 0.3 is 0 Å². The molecule has 0 aliphatic rings. The van der Waals surface area contributed by atoms with Gasteiger partial charge in [0.1, 0.15) is 0 Å². The molecular formula is C24H48. The fourth-order valence-electron chi connectivity index (χ4n) is 3.60. The van der Waals surface area contributed by atoms with E-state index in [-0.39, 0.29) is 0 Å². The molecule has 0 bridgehead atoms. The van der Waals surface area contributed by atoms with Gasteiger partial charge in [0.2, 0.25) is 0 Å². The fourth-order valence-corrected chi connectivity index (χ4v) is 3.60. The minimum atomic E-state index is 0.965. The van der Waals surface area contributed by atoms with E-state index in [0.717, 1.165) is 5.92 Å². The van der Waals surface area contributed by atoms with Gasteiger partial charge in [-0.25, -0.2) is 0 Å². The van der Waals surface area contributed by atoms with Crippen molar-refractivity contribution < 1.29 is 0 Å². The molecule has 0 aromatic rings. The Hall–Kier alpha value is -0.260. The van der Waals surface area contributed by atoms with Gasteiger partial charge in [-0.1, -0.05) is 129 Å². The van der Waals surface area contributed by atoms with Crippen molar-refractivity contribution in [2.75, 3.05) is 0 Å². The maximum atomic E-state index is 3.78. The monoisotopic (exact) mass is 336 g/mol. The van der Waals surface area contributed by atoms with Crippen LogP contribution in [0, 0.1) is 5.92 Å². The summed E-state index contributed by atoms with van der Waals surface area (Å²) in [6, 6.07) is 0. The van der Waals surface area contributed by atoms with Gasteiger partial charge in [-0.3, -0.25) is 0 Å². The molecule has 0 nitrogen and oxygen atoms in total. The molecule has 24 heavy (non-hydrogen) atoms. The van der Waals surface area contributed by atoms with Crippen LogP contribution in [-0.4, -0.2) is 0 Å². The van der Waals surface area contributed by atoms with Crippen molar-refractivity contribution in [3.63, 3.8) is 0 Å². The zero-order valence-electron chi connectivity index (χ0n) is 17.3. The third-order valence-corrected chi connectivity index (χ3v) is 5.41. The van der Waals surface area contributed by atoms with Crippen molar-refractivity contribution in [2.45, 2.75) is 136 Å². The molecule has 144 valence electrons. The van der Waals surface area contributed by atoms with E-state index >= 15 is 0 Å². The lowest BCUT2D eigenvalue weighted by molar-refractivity contribution is 0.440. The summed E-state index contributed by atoms with van der Waals surface area (Å²) < 4.78 is 0. The number of allylic oxidation sites excluding steroid dienone is 1. The van der Waals surface area contributed by atoms with Crippen molar-refractivity contribution in [3.8, 4) is 0 Å². The molecule has 0 aromatic heterocycles. The number of rotatable bonds is 20. The van der Waals surface area contributed by atoms with E-state index < -0.39 is 0 Å². The Labute approximate surface area is 154 Å². The minimum Gasteiger partial charge on any atom is -0.103 e. The quantitative estimate of drug-likeness (QED) is 0.153. The molecule has 0 radical (unpaired) electrons. The molecule has 0 fully saturated rings. The van der Waals surface area contributed by atoms with E-state index in [0.29, 0.717) is 0 Å². The summed E-state index contributed by atoms with van der Waals surface area (Å²) in [5.41, 5.74) is 0. The van der Waals surface area contributed by atoms with Crippen LogP contribution >= 0.6 is 0 Å². The van der Waals surface area contributed by atoms with Crippen LogP contribution in [0.2, 0.25) is 0 Å². The van der Waals surface area contributed by atoms with Crippen molar-refractivity contribution in [3.05, 3.63) is 12.7 Å². The fraction of sp³-hybridized carbons (Fsp3) is 0.917. The second-order valence-electron chi connectivity index (χ2n) is 8.06. The van der Waals surface area contributed by atoms with Crippen molar-refractivity contribution in [1.29, 1.82) is 0 Å². The average Bonchev–Trinajstić information content (AvgIpc) is 2.59. The third-order valence-electron chi connectivity index (χ3n) is 5.41. The van der Waals surface area contributed by atoms with E-state index in [1.54, 1.807) is 0 Å². The Morgan fingerprint density at radius 2 is 0.958 bits per heavy atom. The van der Waals surface area contributed by atoms with E-state index in [9.17, 15) is 0 Å².